The predicted molar refractivity (Wildman–Crippen MR) is 97.2 cm³/mol. The third kappa shape index (κ3) is 5.00. The first kappa shape index (κ1) is 19.4. The Morgan fingerprint density at radius 1 is 1.11 bits per heavy atom. The highest BCUT2D eigenvalue weighted by Gasteiger charge is 2.15. The molecular weight excluding hydrogens is 378 g/mol. The molecule has 0 aliphatic carbocycles. The second kappa shape index (κ2) is 8.41. The Morgan fingerprint density at radius 3 is 2.41 bits per heavy atom. The van der Waals surface area contributed by atoms with Crippen molar-refractivity contribution in [3.63, 3.8) is 0 Å². The number of anilines is 2. The van der Waals surface area contributed by atoms with Gasteiger partial charge in [0.25, 0.3) is 17.3 Å². The highest BCUT2D eigenvalue weighted by molar-refractivity contribution is 6.34. The van der Waals surface area contributed by atoms with Gasteiger partial charge >= 0.3 is 0 Å². The average molecular weight is 388 g/mol. The number of amides is 1. The van der Waals surface area contributed by atoms with Crippen LogP contribution in [0.15, 0.2) is 54.2 Å². The number of rotatable bonds is 6. The molecule has 2 N–H and O–H groups in total. The summed E-state index contributed by atoms with van der Waals surface area (Å²) in [7, 11) is 0. The third-order valence-corrected chi connectivity index (χ3v) is 3.54. The summed E-state index contributed by atoms with van der Waals surface area (Å²) in [5.74, 6) is -0.863. The van der Waals surface area contributed by atoms with Crippen LogP contribution in [0.1, 0.15) is 0 Å². The number of nitro groups is 2. The minimum atomic E-state index is -0.863. The molecule has 2 aromatic carbocycles. The Kier molecular flexibility index (Phi) is 6.03. The maximum atomic E-state index is 12.2. The van der Waals surface area contributed by atoms with Crippen LogP contribution in [0.4, 0.5) is 22.7 Å². The molecular formula is C16H10ClN5O5. The number of benzene rings is 2. The van der Waals surface area contributed by atoms with Crippen LogP contribution >= 0.6 is 11.6 Å². The van der Waals surface area contributed by atoms with Gasteiger partial charge in [-0.15, -0.1) is 0 Å². The van der Waals surface area contributed by atoms with Crippen LogP contribution in [-0.4, -0.2) is 15.8 Å². The molecule has 1 amide bonds. The molecule has 136 valence electrons. The van der Waals surface area contributed by atoms with E-state index in [4.69, 9.17) is 16.9 Å². The van der Waals surface area contributed by atoms with Crippen molar-refractivity contribution in [2.24, 2.45) is 0 Å². The van der Waals surface area contributed by atoms with E-state index in [1.54, 1.807) is 6.07 Å². The molecule has 0 atom stereocenters. The molecule has 2 aromatic rings. The predicted octanol–water partition coefficient (Wildman–Crippen LogP) is 3.61. The minimum absolute atomic E-state index is 0.0348. The van der Waals surface area contributed by atoms with Crippen LogP contribution in [0.3, 0.4) is 0 Å². The smallest absolute Gasteiger partial charge is 0.271 e. The van der Waals surface area contributed by atoms with Gasteiger partial charge in [-0.25, -0.2) is 0 Å². The minimum Gasteiger partial charge on any atom is -0.360 e. The van der Waals surface area contributed by atoms with Crippen molar-refractivity contribution in [3.05, 3.63) is 79.5 Å². The Bertz CT molecular complexity index is 999. The second-order valence-corrected chi connectivity index (χ2v) is 5.40. The number of nitrogens with zero attached hydrogens (tertiary/aromatic N) is 3. The lowest BCUT2D eigenvalue weighted by atomic mass is 10.2. The molecule has 0 heterocycles. The summed E-state index contributed by atoms with van der Waals surface area (Å²) >= 11 is 5.89. The van der Waals surface area contributed by atoms with E-state index < -0.39 is 15.8 Å². The van der Waals surface area contributed by atoms with Crippen molar-refractivity contribution in [1.29, 1.82) is 5.26 Å². The zero-order valence-corrected chi connectivity index (χ0v) is 14.1. The molecule has 0 spiro atoms. The lowest BCUT2D eigenvalue weighted by molar-refractivity contribution is -0.385. The zero-order chi connectivity index (χ0) is 20.0. The van der Waals surface area contributed by atoms with E-state index in [1.807, 2.05) is 0 Å². The van der Waals surface area contributed by atoms with Gasteiger partial charge in [-0.3, -0.25) is 25.0 Å². The molecule has 0 radical (unpaired) electrons. The normalized spacial score (nSPS) is 10.6. The zero-order valence-electron chi connectivity index (χ0n) is 13.4. The summed E-state index contributed by atoms with van der Waals surface area (Å²) in [6.07, 6.45) is 1.06. The fraction of sp³-hybridized carbons (Fsp3) is 0. The van der Waals surface area contributed by atoms with Gasteiger partial charge in [0.1, 0.15) is 11.6 Å². The van der Waals surface area contributed by atoms with Crippen LogP contribution in [0, 0.1) is 31.6 Å². The monoisotopic (exact) mass is 387 g/mol. The molecule has 0 saturated carbocycles. The van der Waals surface area contributed by atoms with Crippen molar-refractivity contribution in [1.82, 2.24) is 0 Å². The number of carbonyl (C=O) groups excluding carboxylic acids is 1. The fourth-order valence-electron chi connectivity index (χ4n) is 1.93. The first-order chi connectivity index (χ1) is 12.8. The molecule has 0 aliphatic rings. The number of nitro benzene ring substituents is 2. The number of hydrogen-bond donors (Lipinski definition) is 2. The van der Waals surface area contributed by atoms with Gasteiger partial charge in [-0.05, 0) is 12.1 Å². The van der Waals surface area contributed by atoms with Crippen molar-refractivity contribution in [2.75, 3.05) is 10.6 Å². The first-order valence-corrected chi connectivity index (χ1v) is 7.56. The Morgan fingerprint density at radius 2 is 1.78 bits per heavy atom. The first-order valence-electron chi connectivity index (χ1n) is 7.18. The van der Waals surface area contributed by atoms with Crippen LogP contribution in [0.25, 0.3) is 0 Å². The van der Waals surface area contributed by atoms with Crippen LogP contribution in [0.2, 0.25) is 5.02 Å². The number of nitriles is 1. The fourth-order valence-corrected chi connectivity index (χ4v) is 2.09. The topological polar surface area (TPSA) is 151 Å². The standard InChI is InChI=1S/C16H10ClN5O5/c17-14-5-4-13(22(26)27)7-15(14)20-16(23)10(8-18)9-19-11-2-1-3-12(6-11)21(24)25/h1-7,9,19H,(H,20,23)/b10-9-. The number of hydrogen-bond acceptors (Lipinski definition) is 7. The van der Waals surface area contributed by atoms with Gasteiger partial charge in [0, 0.05) is 36.2 Å². The number of halogens is 1. The maximum absolute atomic E-state index is 12.2. The third-order valence-electron chi connectivity index (χ3n) is 3.21. The largest absolute Gasteiger partial charge is 0.360 e. The van der Waals surface area contributed by atoms with Gasteiger partial charge in [0.05, 0.1) is 20.6 Å². The molecule has 10 nitrogen and oxygen atoms in total. The van der Waals surface area contributed by atoms with Crippen LogP contribution < -0.4 is 10.6 Å². The molecule has 0 aromatic heterocycles. The second-order valence-electron chi connectivity index (χ2n) is 5.00. The van der Waals surface area contributed by atoms with Gasteiger partial charge < -0.3 is 10.6 Å². The van der Waals surface area contributed by atoms with Crippen molar-refractivity contribution < 1.29 is 14.6 Å². The molecule has 0 fully saturated rings. The van der Waals surface area contributed by atoms with Crippen molar-refractivity contribution >= 4 is 40.3 Å². The Hall–Kier alpha value is -3.97. The quantitative estimate of drug-likeness (QED) is 0.332. The summed E-state index contributed by atoms with van der Waals surface area (Å²) in [5, 5.41) is 35.7. The summed E-state index contributed by atoms with van der Waals surface area (Å²) < 4.78 is 0. The van der Waals surface area contributed by atoms with Gasteiger partial charge in [-0.1, -0.05) is 17.7 Å². The summed E-state index contributed by atoms with van der Waals surface area (Å²) in [4.78, 5) is 32.5. The molecule has 0 unspecified atom stereocenters. The van der Waals surface area contributed by atoms with Gasteiger partial charge in [0.15, 0.2) is 0 Å². The summed E-state index contributed by atoms with van der Waals surface area (Å²) in [5.41, 5.74) is -0.568. The molecule has 0 saturated heterocycles. The average Bonchev–Trinajstić information content (AvgIpc) is 2.64. The highest BCUT2D eigenvalue weighted by Crippen LogP contribution is 2.27. The van der Waals surface area contributed by atoms with E-state index in [1.165, 1.54) is 36.4 Å². The van der Waals surface area contributed by atoms with Crippen LogP contribution in [-0.2, 0) is 4.79 Å². The maximum Gasteiger partial charge on any atom is 0.271 e. The summed E-state index contributed by atoms with van der Waals surface area (Å²) in [6, 6.07) is 10.6. The molecule has 27 heavy (non-hydrogen) atoms. The van der Waals surface area contributed by atoms with E-state index in [2.05, 4.69) is 10.6 Å². The molecule has 2 rings (SSSR count). The number of non-ortho nitro benzene ring substituents is 2. The molecule has 11 heteroatoms. The van der Waals surface area contributed by atoms with E-state index in [9.17, 15) is 25.0 Å². The Balaban J connectivity index is 2.19. The highest BCUT2D eigenvalue weighted by atomic mass is 35.5. The van der Waals surface area contributed by atoms with Crippen molar-refractivity contribution in [2.45, 2.75) is 0 Å². The molecule has 0 aliphatic heterocycles. The van der Waals surface area contributed by atoms with Gasteiger partial charge in [0.2, 0.25) is 0 Å². The molecule has 0 bridgehead atoms. The van der Waals surface area contributed by atoms with E-state index in [0.29, 0.717) is 0 Å². The lowest BCUT2D eigenvalue weighted by Gasteiger charge is -2.07. The van der Waals surface area contributed by atoms with Crippen LogP contribution in [0.5, 0.6) is 0 Å². The van der Waals surface area contributed by atoms with E-state index in [0.717, 1.165) is 12.3 Å². The number of nitrogens with one attached hydrogen (secondary N) is 2. The lowest BCUT2D eigenvalue weighted by Crippen LogP contribution is -2.15. The SMILES string of the molecule is N#C/C(=C/Nc1cccc([N+](=O)[O-])c1)C(=O)Nc1cc([N+](=O)[O-])ccc1Cl. The van der Waals surface area contributed by atoms with Gasteiger partial charge in [-0.2, -0.15) is 5.26 Å². The van der Waals surface area contributed by atoms with E-state index >= 15 is 0 Å². The Labute approximate surface area is 157 Å². The summed E-state index contributed by atoms with van der Waals surface area (Å²) in [6.45, 7) is 0. The van der Waals surface area contributed by atoms with Crippen molar-refractivity contribution in [3.8, 4) is 6.07 Å². The van der Waals surface area contributed by atoms with E-state index in [-0.39, 0.29) is 33.3 Å². The number of carbonyl (C=O) groups is 1.